The number of amides is 1. The first kappa shape index (κ1) is 17.2. The van der Waals surface area contributed by atoms with Gasteiger partial charge in [0.05, 0.1) is 18.1 Å². The topological polar surface area (TPSA) is 38.1 Å². The second-order valence-corrected chi connectivity index (χ2v) is 7.34. The fraction of sp³-hybridized carbons (Fsp3) is 0.500. The Morgan fingerprint density at radius 2 is 1.92 bits per heavy atom. The van der Waals surface area contributed by atoms with Crippen LogP contribution in [-0.4, -0.2) is 26.9 Å². The first-order chi connectivity index (χ1) is 12.4. The van der Waals surface area contributed by atoms with Crippen LogP contribution in [-0.2, 0) is 12.6 Å². The summed E-state index contributed by atoms with van der Waals surface area (Å²) in [4.78, 5) is 18.7. The molecular weight excluding hydrogens is 336 g/mol. The van der Waals surface area contributed by atoms with E-state index in [4.69, 9.17) is 0 Å². The van der Waals surface area contributed by atoms with Gasteiger partial charge in [-0.3, -0.25) is 4.79 Å². The second-order valence-electron chi connectivity index (χ2n) is 7.34. The third-order valence-electron chi connectivity index (χ3n) is 5.35. The molecule has 1 aromatic heterocycles. The number of unbranched alkanes of at least 4 members (excludes halogenated alkanes) is 1. The minimum absolute atomic E-state index is 0.0512. The molecule has 1 aliphatic heterocycles. The van der Waals surface area contributed by atoms with Gasteiger partial charge < -0.3 is 9.47 Å². The highest BCUT2D eigenvalue weighted by Gasteiger charge is 2.47. The van der Waals surface area contributed by atoms with Gasteiger partial charge in [0.2, 0.25) is 5.82 Å². The average molecular weight is 359 g/mol. The maximum atomic E-state index is 14.3. The summed E-state index contributed by atoms with van der Waals surface area (Å²) >= 11 is 0. The molecule has 0 saturated heterocycles. The van der Waals surface area contributed by atoms with E-state index in [1.807, 2.05) is 11.5 Å². The number of aromatic nitrogens is 2. The van der Waals surface area contributed by atoms with Crippen LogP contribution in [0.3, 0.4) is 0 Å². The lowest BCUT2D eigenvalue weighted by Crippen LogP contribution is -2.26. The summed E-state index contributed by atoms with van der Waals surface area (Å²) in [6, 6.07) is 6.47. The van der Waals surface area contributed by atoms with Crippen LogP contribution in [0.15, 0.2) is 24.3 Å². The molecule has 0 atom stereocenters. The highest BCUT2D eigenvalue weighted by molar-refractivity contribution is 5.94. The quantitative estimate of drug-likeness (QED) is 0.757. The number of alkyl halides is 2. The third kappa shape index (κ3) is 2.72. The number of benzene rings is 1. The molecule has 0 N–H and O–H groups in total. The molecule has 138 valence electrons. The van der Waals surface area contributed by atoms with Gasteiger partial charge in [-0.2, -0.15) is 0 Å². The molecular formula is C20H23F2N3O. The molecule has 0 bridgehead atoms. The van der Waals surface area contributed by atoms with E-state index in [9.17, 15) is 13.6 Å². The van der Waals surface area contributed by atoms with E-state index in [0.717, 1.165) is 29.8 Å². The number of halogens is 2. The van der Waals surface area contributed by atoms with E-state index < -0.39 is 11.8 Å². The Kier molecular flexibility index (Phi) is 4.09. The molecule has 4 nitrogen and oxygen atoms in total. The largest absolute Gasteiger partial charge is 0.318 e. The molecule has 2 aromatic rings. The lowest BCUT2D eigenvalue weighted by Gasteiger charge is -2.17. The van der Waals surface area contributed by atoms with E-state index in [1.54, 1.807) is 17.0 Å². The van der Waals surface area contributed by atoms with Gasteiger partial charge in [0.15, 0.2) is 0 Å². The Morgan fingerprint density at radius 1 is 1.23 bits per heavy atom. The Labute approximate surface area is 151 Å². The lowest BCUT2D eigenvalue weighted by atomic mass is 10.0. The molecule has 1 saturated carbocycles. The standard InChI is InChI=1S/C20H23F2N3O/c1-3-4-11-24-12-25-17(13(2)23-18(25)19(24)26)14-5-7-15(8-6-14)20(21,22)16-9-10-16/h5-8,16H,3-4,9-12H2,1-2H3. The Morgan fingerprint density at radius 3 is 2.54 bits per heavy atom. The second kappa shape index (κ2) is 6.18. The van der Waals surface area contributed by atoms with Gasteiger partial charge in [-0.05, 0) is 26.2 Å². The van der Waals surface area contributed by atoms with E-state index >= 15 is 0 Å². The molecule has 4 rings (SSSR count). The number of rotatable bonds is 6. The molecule has 0 spiro atoms. The van der Waals surface area contributed by atoms with Gasteiger partial charge in [-0.25, -0.2) is 13.8 Å². The van der Waals surface area contributed by atoms with Crippen LogP contribution in [0.25, 0.3) is 11.3 Å². The minimum Gasteiger partial charge on any atom is -0.318 e. The van der Waals surface area contributed by atoms with Crippen LogP contribution in [0.1, 0.15) is 54.5 Å². The number of carbonyl (C=O) groups is 1. The first-order valence-corrected chi connectivity index (χ1v) is 9.28. The van der Waals surface area contributed by atoms with Crippen LogP contribution in [0.4, 0.5) is 8.78 Å². The fourth-order valence-corrected chi connectivity index (χ4v) is 3.67. The summed E-state index contributed by atoms with van der Waals surface area (Å²) in [7, 11) is 0. The van der Waals surface area contributed by atoms with Gasteiger partial charge in [0.25, 0.3) is 11.8 Å². The first-order valence-electron chi connectivity index (χ1n) is 9.28. The lowest BCUT2D eigenvalue weighted by molar-refractivity contribution is -0.0285. The van der Waals surface area contributed by atoms with Crippen molar-refractivity contribution >= 4 is 5.91 Å². The van der Waals surface area contributed by atoms with Crippen molar-refractivity contribution in [3.63, 3.8) is 0 Å². The number of carbonyl (C=O) groups excluding carboxylic acids is 1. The number of imidazole rings is 1. The third-order valence-corrected chi connectivity index (χ3v) is 5.35. The van der Waals surface area contributed by atoms with Crippen LogP contribution >= 0.6 is 0 Å². The van der Waals surface area contributed by atoms with Crippen LogP contribution in [0.5, 0.6) is 0 Å². The molecule has 1 aliphatic carbocycles. The number of aryl methyl sites for hydroxylation is 1. The SMILES string of the molecule is CCCCN1Cn2c(nc(C)c2-c2ccc(C(F)(F)C3CC3)cc2)C1=O. The zero-order valence-corrected chi connectivity index (χ0v) is 15.1. The fourth-order valence-electron chi connectivity index (χ4n) is 3.67. The molecule has 0 radical (unpaired) electrons. The molecule has 26 heavy (non-hydrogen) atoms. The van der Waals surface area contributed by atoms with Crippen molar-refractivity contribution in [1.29, 1.82) is 0 Å². The Hall–Kier alpha value is -2.24. The minimum atomic E-state index is -2.75. The van der Waals surface area contributed by atoms with Crippen molar-refractivity contribution < 1.29 is 13.6 Å². The van der Waals surface area contributed by atoms with Gasteiger partial charge >= 0.3 is 0 Å². The zero-order chi connectivity index (χ0) is 18.5. The Balaban J connectivity index is 1.64. The highest BCUT2D eigenvalue weighted by atomic mass is 19.3. The molecule has 1 fully saturated rings. The van der Waals surface area contributed by atoms with Gasteiger partial charge in [-0.15, -0.1) is 0 Å². The van der Waals surface area contributed by atoms with Crippen LogP contribution in [0.2, 0.25) is 0 Å². The molecule has 0 unspecified atom stereocenters. The summed E-state index contributed by atoms with van der Waals surface area (Å²) in [6.45, 7) is 5.14. The van der Waals surface area contributed by atoms with E-state index in [0.29, 0.717) is 31.9 Å². The normalized spacial score (nSPS) is 17.1. The molecule has 1 aromatic carbocycles. The summed E-state index contributed by atoms with van der Waals surface area (Å²) in [5.74, 6) is -2.87. The van der Waals surface area contributed by atoms with Crippen molar-refractivity contribution in [2.45, 2.75) is 52.1 Å². The maximum Gasteiger partial charge on any atom is 0.291 e. The highest BCUT2D eigenvalue weighted by Crippen LogP contribution is 2.49. The van der Waals surface area contributed by atoms with Crippen molar-refractivity contribution in [3.8, 4) is 11.3 Å². The van der Waals surface area contributed by atoms with Gasteiger partial charge in [0, 0.05) is 23.6 Å². The summed E-state index contributed by atoms with van der Waals surface area (Å²) in [6.07, 6.45) is 3.17. The Bertz CT molecular complexity index is 837. The smallest absolute Gasteiger partial charge is 0.291 e. The van der Waals surface area contributed by atoms with Crippen molar-refractivity contribution in [2.75, 3.05) is 6.54 Å². The maximum absolute atomic E-state index is 14.3. The van der Waals surface area contributed by atoms with Crippen LogP contribution in [0, 0.1) is 12.8 Å². The summed E-state index contributed by atoms with van der Waals surface area (Å²) < 4.78 is 30.4. The number of hydrogen-bond acceptors (Lipinski definition) is 2. The number of hydrogen-bond donors (Lipinski definition) is 0. The van der Waals surface area contributed by atoms with E-state index in [1.165, 1.54) is 12.1 Å². The predicted octanol–water partition coefficient (Wildman–Crippen LogP) is 4.57. The summed E-state index contributed by atoms with van der Waals surface area (Å²) in [5, 5.41) is 0. The van der Waals surface area contributed by atoms with E-state index in [-0.39, 0.29) is 11.5 Å². The number of fused-ring (bicyclic) bond motifs is 1. The van der Waals surface area contributed by atoms with Crippen molar-refractivity contribution in [2.24, 2.45) is 5.92 Å². The summed E-state index contributed by atoms with van der Waals surface area (Å²) in [5.41, 5.74) is 2.49. The molecule has 2 aliphatic rings. The predicted molar refractivity (Wildman–Crippen MR) is 95.0 cm³/mol. The van der Waals surface area contributed by atoms with E-state index in [2.05, 4.69) is 11.9 Å². The van der Waals surface area contributed by atoms with Gasteiger partial charge in [0.1, 0.15) is 0 Å². The zero-order valence-electron chi connectivity index (χ0n) is 15.1. The molecule has 6 heteroatoms. The monoisotopic (exact) mass is 359 g/mol. The molecule has 2 heterocycles. The van der Waals surface area contributed by atoms with Gasteiger partial charge in [-0.1, -0.05) is 37.6 Å². The van der Waals surface area contributed by atoms with Crippen molar-refractivity contribution in [1.82, 2.24) is 14.5 Å². The average Bonchev–Trinajstić information content (AvgIpc) is 3.38. The van der Waals surface area contributed by atoms with Crippen LogP contribution < -0.4 is 0 Å². The number of nitrogens with zero attached hydrogens (tertiary/aromatic N) is 3. The molecule has 1 amide bonds. The van der Waals surface area contributed by atoms with Crippen molar-refractivity contribution in [3.05, 3.63) is 41.3 Å².